The van der Waals surface area contributed by atoms with Gasteiger partial charge in [-0.15, -0.1) is 0 Å². The summed E-state index contributed by atoms with van der Waals surface area (Å²) >= 11 is 0. The average Bonchev–Trinajstić information content (AvgIpc) is 2.92. The number of fused-ring (bicyclic) bond motifs is 1. The summed E-state index contributed by atoms with van der Waals surface area (Å²) in [6.07, 6.45) is 0.832. The van der Waals surface area contributed by atoms with Crippen molar-refractivity contribution < 1.29 is 14.7 Å². The van der Waals surface area contributed by atoms with Crippen molar-refractivity contribution in [2.45, 2.75) is 20.3 Å². The van der Waals surface area contributed by atoms with Gasteiger partial charge in [-0.05, 0) is 54.8 Å². The molecule has 118 valence electrons. The molecule has 3 rings (SSSR count). The zero-order valence-electron chi connectivity index (χ0n) is 13.1. The van der Waals surface area contributed by atoms with Crippen LogP contribution in [0.5, 0.6) is 0 Å². The normalized spacial score (nSPS) is 12.9. The first-order valence-corrected chi connectivity index (χ1v) is 7.47. The van der Waals surface area contributed by atoms with Crippen molar-refractivity contribution in [1.82, 2.24) is 0 Å². The summed E-state index contributed by atoms with van der Waals surface area (Å²) in [6.45, 7) is 4.21. The fraction of sp³-hybridized carbons (Fsp3) is 0.222. The van der Waals surface area contributed by atoms with E-state index in [0.717, 1.165) is 34.6 Å². The lowest BCUT2D eigenvalue weighted by molar-refractivity contribution is -0.116. The number of benzene rings is 2. The van der Waals surface area contributed by atoms with Gasteiger partial charge in [0.25, 0.3) is 0 Å². The van der Waals surface area contributed by atoms with Crippen LogP contribution in [0.1, 0.15) is 28.4 Å². The maximum Gasteiger partial charge on any atom is 0.335 e. The van der Waals surface area contributed by atoms with Gasteiger partial charge in [0.2, 0.25) is 5.91 Å². The van der Waals surface area contributed by atoms with Gasteiger partial charge in [-0.3, -0.25) is 4.79 Å². The van der Waals surface area contributed by atoms with Gasteiger partial charge >= 0.3 is 5.97 Å². The lowest BCUT2D eigenvalue weighted by atomic mass is 10.1. The molecular formula is C18H18N2O3. The number of carbonyl (C=O) groups excluding carboxylic acids is 1. The zero-order chi connectivity index (χ0) is 16.6. The molecule has 5 nitrogen and oxygen atoms in total. The van der Waals surface area contributed by atoms with E-state index in [2.05, 4.69) is 5.32 Å². The molecule has 1 aliphatic rings. The van der Waals surface area contributed by atoms with Crippen molar-refractivity contribution in [3.8, 4) is 0 Å². The highest BCUT2D eigenvalue weighted by molar-refractivity contribution is 5.94. The van der Waals surface area contributed by atoms with Gasteiger partial charge in [0.15, 0.2) is 0 Å². The number of amides is 1. The third-order valence-corrected chi connectivity index (χ3v) is 4.12. The highest BCUT2D eigenvalue weighted by Crippen LogP contribution is 2.32. The van der Waals surface area contributed by atoms with Crippen LogP contribution in [0, 0.1) is 6.92 Å². The van der Waals surface area contributed by atoms with Gasteiger partial charge in [-0.2, -0.15) is 0 Å². The standard InChI is InChI=1S/C18H18N2O3/c1-11-3-4-14(18(22)23)10-16(11)19-15-5-6-17-13(9-15)7-8-20(17)12(2)21/h3-6,9-10,19H,7-8H2,1-2H3,(H,22,23). The van der Waals surface area contributed by atoms with E-state index in [9.17, 15) is 9.59 Å². The lowest BCUT2D eigenvalue weighted by Gasteiger charge is -2.16. The molecule has 23 heavy (non-hydrogen) atoms. The van der Waals surface area contributed by atoms with Crippen LogP contribution in [-0.2, 0) is 11.2 Å². The number of carboxylic acid groups (broad SMARTS) is 1. The molecule has 0 saturated carbocycles. The van der Waals surface area contributed by atoms with Crippen LogP contribution < -0.4 is 10.2 Å². The maximum atomic E-state index is 11.6. The predicted octanol–water partition coefficient (Wildman–Crippen LogP) is 3.35. The molecule has 1 amide bonds. The molecule has 0 aromatic heterocycles. The molecule has 0 spiro atoms. The highest BCUT2D eigenvalue weighted by atomic mass is 16.4. The Morgan fingerprint density at radius 1 is 1.17 bits per heavy atom. The van der Waals surface area contributed by atoms with Gasteiger partial charge in [-0.25, -0.2) is 4.79 Å². The number of nitrogens with zero attached hydrogens (tertiary/aromatic N) is 1. The quantitative estimate of drug-likeness (QED) is 0.912. The Hall–Kier alpha value is -2.82. The minimum atomic E-state index is -0.945. The number of carboxylic acids is 1. The van der Waals surface area contributed by atoms with Crippen molar-refractivity contribution in [3.63, 3.8) is 0 Å². The summed E-state index contributed by atoms with van der Waals surface area (Å²) in [5.74, 6) is -0.895. The summed E-state index contributed by atoms with van der Waals surface area (Å²) in [5, 5.41) is 12.4. The van der Waals surface area contributed by atoms with Crippen molar-refractivity contribution in [2.24, 2.45) is 0 Å². The molecule has 0 aliphatic carbocycles. The monoisotopic (exact) mass is 310 g/mol. The van der Waals surface area contributed by atoms with E-state index in [1.165, 1.54) is 0 Å². The SMILES string of the molecule is CC(=O)N1CCc2cc(Nc3cc(C(=O)O)ccc3C)ccc21. The number of hydrogen-bond acceptors (Lipinski definition) is 3. The van der Waals surface area contributed by atoms with E-state index in [1.54, 1.807) is 30.0 Å². The van der Waals surface area contributed by atoms with Gasteiger partial charge < -0.3 is 15.3 Å². The van der Waals surface area contributed by atoms with Gasteiger partial charge in [-0.1, -0.05) is 6.07 Å². The van der Waals surface area contributed by atoms with Crippen LogP contribution in [0.25, 0.3) is 0 Å². The molecular weight excluding hydrogens is 292 g/mol. The van der Waals surface area contributed by atoms with E-state index in [4.69, 9.17) is 5.11 Å². The molecule has 0 bridgehead atoms. The number of aryl methyl sites for hydroxylation is 1. The first-order chi connectivity index (χ1) is 11.0. The molecule has 0 radical (unpaired) electrons. The summed E-state index contributed by atoms with van der Waals surface area (Å²) in [5.41, 5.74) is 4.96. The Bertz CT molecular complexity index is 799. The van der Waals surface area contributed by atoms with Crippen LogP contribution in [0.15, 0.2) is 36.4 Å². The largest absolute Gasteiger partial charge is 0.478 e. The van der Waals surface area contributed by atoms with E-state index in [1.807, 2.05) is 25.1 Å². The summed E-state index contributed by atoms with van der Waals surface area (Å²) in [6, 6.07) is 10.9. The number of aromatic carboxylic acids is 1. The molecule has 2 aromatic carbocycles. The Morgan fingerprint density at radius 2 is 1.96 bits per heavy atom. The summed E-state index contributed by atoms with van der Waals surface area (Å²) in [4.78, 5) is 24.5. The van der Waals surface area contributed by atoms with Gasteiger partial charge in [0.1, 0.15) is 0 Å². The van der Waals surface area contributed by atoms with Gasteiger partial charge in [0, 0.05) is 30.5 Å². The second-order valence-electron chi connectivity index (χ2n) is 5.72. The molecule has 2 N–H and O–H groups in total. The fourth-order valence-electron chi connectivity index (χ4n) is 2.85. The van der Waals surface area contributed by atoms with E-state index >= 15 is 0 Å². The molecule has 5 heteroatoms. The molecule has 2 aromatic rings. The second-order valence-corrected chi connectivity index (χ2v) is 5.72. The van der Waals surface area contributed by atoms with Crippen molar-refractivity contribution in [1.29, 1.82) is 0 Å². The van der Waals surface area contributed by atoms with E-state index < -0.39 is 5.97 Å². The lowest BCUT2D eigenvalue weighted by Crippen LogP contribution is -2.25. The Morgan fingerprint density at radius 3 is 2.65 bits per heavy atom. The summed E-state index contributed by atoms with van der Waals surface area (Å²) in [7, 11) is 0. The number of rotatable bonds is 3. The average molecular weight is 310 g/mol. The zero-order valence-corrected chi connectivity index (χ0v) is 13.1. The third kappa shape index (κ3) is 2.90. The smallest absolute Gasteiger partial charge is 0.335 e. The van der Waals surface area contributed by atoms with Crippen molar-refractivity contribution in [2.75, 3.05) is 16.8 Å². The van der Waals surface area contributed by atoms with Crippen LogP contribution in [0.2, 0.25) is 0 Å². The minimum Gasteiger partial charge on any atom is -0.478 e. The van der Waals surface area contributed by atoms with E-state index in [0.29, 0.717) is 6.54 Å². The Labute approximate surface area is 134 Å². The molecule has 1 heterocycles. The second kappa shape index (κ2) is 5.76. The number of carbonyl (C=O) groups is 2. The highest BCUT2D eigenvalue weighted by Gasteiger charge is 2.22. The van der Waals surface area contributed by atoms with Crippen LogP contribution in [0.3, 0.4) is 0 Å². The van der Waals surface area contributed by atoms with Crippen molar-refractivity contribution in [3.05, 3.63) is 53.1 Å². The third-order valence-electron chi connectivity index (χ3n) is 4.12. The molecule has 0 saturated heterocycles. The molecule has 0 fully saturated rings. The maximum absolute atomic E-state index is 11.6. The minimum absolute atomic E-state index is 0.0504. The Kier molecular flexibility index (Phi) is 3.78. The van der Waals surface area contributed by atoms with Crippen molar-refractivity contribution >= 4 is 28.9 Å². The predicted molar refractivity (Wildman–Crippen MR) is 89.6 cm³/mol. The number of hydrogen-bond donors (Lipinski definition) is 2. The Balaban J connectivity index is 1.89. The van der Waals surface area contributed by atoms with E-state index in [-0.39, 0.29) is 11.5 Å². The topological polar surface area (TPSA) is 69.6 Å². The number of anilines is 3. The summed E-state index contributed by atoms with van der Waals surface area (Å²) < 4.78 is 0. The first kappa shape index (κ1) is 15.1. The van der Waals surface area contributed by atoms with Crippen LogP contribution >= 0.6 is 0 Å². The molecule has 1 aliphatic heterocycles. The first-order valence-electron chi connectivity index (χ1n) is 7.47. The van der Waals surface area contributed by atoms with Gasteiger partial charge in [0.05, 0.1) is 5.56 Å². The van der Waals surface area contributed by atoms with Crippen LogP contribution in [0.4, 0.5) is 17.1 Å². The number of nitrogens with one attached hydrogen (secondary N) is 1. The molecule has 0 atom stereocenters. The fourth-order valence-corrected chi connectivity index (χ4v) is 2.85. The van der Waals surface area contributed by atoms with Crippen LogP contribution in [-0.4, -0.2) is 23.5 Å². The molecule has 0 unspecified atom stereocenters.